The quantitative estimate of drug-likeness (QED) is 0.133. The van der Waals surface area contributed by atoms with Gasteiger partial charge in [-0.05, 0) is 31.6 Å². The second kappa shape index (κ2) is 15.0. The van der Waals surface area contributed by atoms with Gasteiger partial charge in [-0.3, -0.25) is 4.79 Å². The van der Waals surface area contributed by atoms with E-state index >= 15 is 0 Å². The Balaban J connectivity index is -0.00000225. The monoisotopic (exact) mass is 453 g/mol. The van der Waals surface area contributed by atoms with Crippen LogP contribution in [0.25, 0.3) is 6.08 Å². The van der Waals surface area contributed by atoms with E-state index in [1.165, 1.54) is 4.90 Å². The standard InChI is InChI=1S/C14H16N3O8P.3Na/c1-3-16(4-2)14(19)10(8-15)5-9-6-11(17(20)21)13(18)12(7-9)25-26(22,23)24;;;/h5-7H,3-4H2,1-2H3,(H3-,18,19,20,21,22,23,24);;;/q;3*+1/p-1. The number of phenolic OH excluding ortho intramolecular Hbond substituents is 1. The van der Waals surface area contributed by atoms with Crippen LogP contribution in [0, 0.1) is 16.2 Å². The van der Waals surface area contributed by atoms with Gasteiger partial charge in [-0.15, -0.1) is 0 Å². The SMILES string of the molecule is CCN(CC)C(=O)C(C#N)=Cc1cc(OP(=O)([O-])[O-])c(O)c([N+](=O)O)c1.[Na+].[Na+].[Na+]. The first-order valence-electron chi connectivity index (χ1n) is 7.19. The topological polar surface area (TPSA) is 177 Å². The van der Waals surface area contributed by atoms with Gasteiger partial charge in [0, 0.05) is 19.2 Å². The van der Waals surface area contributed by atoms with Crippen LogP contribution in [0.2, 0.25) is 0 Å². The van der Waals surface area contributed by atoms with Gasteiger partial charge in [0.15, 0.2) is 5.75 Å². The number of likely N-dealkylation sites (N-methyl/N-ethyl adjacent to an activating group) is 1. The molecule has 0 radical (unpaired) electrons. The largest absolute Gasteiger partial charge is 1.00 e. The van der Waals surface area contributed by atoms with Gasteiger partial charge in [0.25, 0.3) is 10.8 Å². The molecule has 0 saturated carbocycles. The Morgan fingerprint density at radius 1 is 1.31 bits per heavy atom. The fourth-order valence-corrected chi connectivity index (χ4v) is 2.40. The maximum absolute atomic E-state index is 12.2. The number of hydrogen-bond donors (Lipinski definition) is 2. The molecule has 1 rings (SSSR count). The summed E-state index contributed by atoms with van der Waals surface area (Å²) >= 11 is 0. The molecule has 0 aromatic heterocycles. The molecule has 11 nitrogen and oxygen atoms in total. The van der Waals surface area contributed by atoms with Gasteiger partial charge in [-0.2, -0.15) is 5.26 Å². The molecular weight excluding hydrogens is 438 g/mol. The summed E-state index contributed by atoms with van der Waals surface area (Å²) in [6.45, 7) is 4.04. The van der Waals surface area contributed by atoms with Crippen molar-refractivity contribution >= 4 is 25.5 Å². The molecule has 0 aliphatic carbocycles. The molecule has 0 heterocycles. The molecule has 0 aliphatic heterocycles. The minimum Gasteiger partial charge on any atom is -0.780 e. The van der Waals surface area contributed by atoms with Crippen molar-refractivity contribution < 1.29 is 128 Å². The normalized spacial score (nSPS) is 10.4. The Kier molecular flexibility index (Phi) is 17.4. The molecule has 2 N–H and O–H groups in total. The molecule has 0 unspecified atom stereocenters. The second-order valence-corrected chi connectivity index (χ2v) is 5.92. The van der Waals surface area contributed by atoms with Crippen LogP contribution in [-0.4, -0.2) is 39.1 Å². The molecule has 0 bridgehead atoms. The maximum Gasteiger partial charge on any atom is 1.00 e. The Hall–Kier alpha value is 0.0700. The van der Waals surface area contributed by atoms with Crippen LogP contribution in [0.4, 0.5) is 5.69 Å². The van der Waals surface area contributed by atoms with E-state index < -0.39 is 35.8 Å². The van der Waals surface area contributed by atoms with Crippen molar-refractivity contribution in [3.63, 3.8) is 0 Å². The maximum atomic E-state index is 12.2. The van der Waals surface area contributed by atoms with E-state index in [9.17, 15) is 34.4 Å². The van der Waals surface area contributed by atoms with Crippen molar-refractivity contribution in [1.82, 2.24) is 4.90 Å². The average molecular weight is 453 g/mol. The zero-order chi connectivity index (χ0) is 20.1. The van der Waals surface area contributed by atoms with E-state index in [1.807, 2.05) is 0 Å². The van der Waals surface area contributed by atoms with E-state index in [1.54, 1.807) is 19.9 Å². The molecule has 0 fully saturated rings. The van der Waals surface area contributed by atoms with Crippen LogP contribution in [0.1, 0.15) is 19.4 Å². The molecule has 1 amide bonds. The van der Waals surface area contributed by atoms with Gasteiger partial charge in [-0.1, -0.05) is 0 Å². The van der Waals surface area contributed by atoms with Crippen LogP contribution >= 0.6 is 7.82 Å². The molecule has 1 aromatic rings. The Morgan fingerprint density at radius 2 is 1.83 bits per heavy atom. The molecular formula is C14H15N3Na3O8P+2. The number of amides is 1. The van der Waals surface area contributed by atoms with Gasteiger partial charge in [0.2, 0.25) is 5.75 Å². The molecule has 0 aliphatic rings. The molecule has 15 heteroatoms. The van der Waals surface area contributed by atoms with Crippen molar-refractivity contribution in [2.45, 2.75) is 13.8 Å². The zero-order valence-electron chi connectivity index (χ0n) is 16.8. The van der Waals surface area contributed by atoms with Crippen LogP contribution in [0.5, 0.6) is 11.5 Å². The number of nitrogens with zero attached hydrogens (tertiary/aromatic N) is 3. The van der Waals surface area contributed by atoms with Crippen LogP contribution in [0.3, 0.4) is 0 Å². The van der Waals surface area contributed by atoms with Gasteiger partial charge in [0.1, 0.15) is 19.5 Å². The van der Waals surface area contributed by atoms with Gasteiger partial charge in [0.05, 0.1) is 4.91 Å². The number of phenols is 1. The fraction of sp³-hybridized carbons (Fsp3) is 0.286. The van der Waals surface area contributed by atoms with Crippen LogP contribution < -0.4 is 103 Å². The third-order valence-electron chi connectivity index (χ3n) is 3.21. The van der Waals surface area contributed by atoms with E-state index in [0.717, 1.165) is 18.2 Å². The number of nitriles is 1. The first kappa shape index (κ1) is 33.7. The minimum absolute atomic E-state index is 0. The summed E-state index contributed by atoms with van der Waals surface area (Å²) in [5, 5.41) is 27.9. The molecule has 29 heavy (non-hydrogen) atoms. The van der Waals surface area contributed by atoms with E-state index in [-0.39, 0.29) is 99.8 Å². The Bertz CT molecular complexity index is 849. The first-order chi connectivity index (χ1) is 12.0. The molecule has 1 aromatic carbocycles. The van der Waals surface area contributed by atoms with Crippen molar-refractivity contribution in [2.24, 2.45) is 0 Å². The number of rotatable bonds is 7. The summed E-state index contributed by atoms with van der Waals surface area (Å²) in [7, 11) is -5.59. The van der Waals surface area contributed by atoms with Crippen LogP contribution in [-0.2, 0) is 9.36 Å². The van der Waals surface area contributed by atoms with Crippen molar-refractivity contribution in [1.29, 1.82) is 5.26 Å². The summed E-state index contributed by atoms with van der Waals surface area (Å²) in [6, 6.07) is 3.35. The fourth-order valence-electron chi connectivity index (χ4n) is 2.02. The first-order valence-corrected chi connectivity index (χ1v) is 8.65. The number of benzene rings is 1. The Labute approximate surface area is 233 Å². The predicted octanol–water partition coefficient (Wildman–Crippen LogP) is -8.81. The summed E-state index contributed by atoms with van der Waals surface area (Å²) in [5.74, 6) is -2.68. The van der Waals surface area contributed by atoms with Gasteiger partial charge in [-0.25, -0.2) is 5.21 Å². The summed E-state index contributed by atoms with van der Waals surface area (Å²) in [5.41, 5.74) is -1.36. The van der Waals surface area contributed by atoms with Gasteiger partial charge < -0.3 is 28.9 Å². The number of carbonyl (C=O) groups is 1. The van der Waals surface area contributed by atoms with Crippen LogP contribution in [0.15, 0.2) is 17.7 Å². The number of phosphoric ester groups is 1. The Morgan fingerprint density at radius 3 is 2.21 bits per heavy atom. The number of phosphoric acid groups is 1. The van der Waals surface area contributed by atoms with E-state index in [0.29, 0.717) is 13.1 Å². The number of hydrogen-bond acceptors (Lipinski definition) is 8. The smallest absolute Gasteiger partial charge is 0.780 e. The molecule has 140 valence electrons. The predicted molar refractivity (Wildman–Crippen MR) is 82.9 cm³/mol. The molecule has 0 spiro atoms. The molecule has 0 saturated heterocycles. The number of aromatic hydroxyl groups is 1. The van der Waals surface area contributed by atoms with Crippen molar-refractivity contribution in [3.8, 4) is 17.6 Å². The third-order valence-corrected chi connectivity index (χ3v) is 3.63. The summed E-state index contributed by atoms with van der Waals surface area (Å²) in [4.78, 5) is 45.4. The minimum atomic E-state index is -5.59. The van der Waals surface area contributed by atoms with Crippen molar-refractivity contribution in [2.75, 3.05) is 13.1 Å². The van der Waals surface area contributed by atoms with Crippen molar-refractivity contribution in [3.05, 3.63) is 28.2 Å². The second-order valence-electron chi connectivity index (χ2n) is 4.85. The summed E-state index contributed by atoms with van der Waals surface area (Å²) < 4.78 is 14.8. The van der Waals surface area contributed by atoms with E-state index in [2.05, 4.69) is 4.52 Å². The summed E-state index contributed by atoms with van der Waals surface area (Å²) in [6.07, 6.45) is 0.987. The third kappa shape index (κ3) is 10.3. The molecule has 0 atom stereocenters. The van der Waals surface area contributed by atoms with Gasteiger partial charge >= 0.3 is 94.4 Å². The zero-order valence-corrected chi connectivity index (χ0v) is 23.7. The number of carbonyl (C=O) groups excluding carboxylic acids is 1. The average Bonchev–Trinajstić information content (AvgIpc) is 2.54. The van der Waals surface area contributed by atoms with E-state index in [4.69, 9.17) is 5.21 Å².